The van der Waals surface area contributed by atoms with Gasteiger partial charge in [0, 0.05) is 16.5 Å². The van der Waals surface area contributed by atoms with E-state index in [1.807, 2.05) is 0 Å². The van der Waals surface area contributed by atoms with Gasteiger partial charge in [0.25, 0.3) is 0 Å². The Hall–Kier alpha value is 3.78. The van der Waals surface area contributed by atoms with Crippen LogP contribution < -0.4 is 0 Å². The number of rotatable bonds is 0. The fourth-order valence-corrected chi connectivity index (χ4v) is 0. The predicted octanol–water partition coefficient (Wildman–Crippen LogP) is 0.139. The van der Waals surface area contributed by atoms with Gasteiger partial charge in [0.15, 0.2) is 0 Å². The molecule has 0 nitrogen and oxygen atoms in total. The number of hydrogen-bond donors (Lipinski definition) is 0. The first-order valence-electron chi connectivity index (χ1n) is 0.816. The molecule has 0 N–H and O–H groups in total. The summed E-state index contributed by atoms with van der Waals surface area (Å²) in [6, 6.07) is 0. The molecule has 9 heteroatoms. The molecule has 0 heterocycles. The molecule has 0 aliphatic rings. The molecule has 0 fully saturated rings. The van der Waals surface area contributed by atoms with Crippen molar-refractivity contribution in [2.24, 2.45) is 0 Å². The van der Waals surface area contributed by atoms with Crippen molar-refractivity contribution >= 4 is 79.2 Å². The van der Waals surface area contributed by atoms with Gasteiger partial charge in [-0.2, -0.15) is 12.5 Å². The van der Waals surface area contributed by atoms with Gasteiger partial charge in [0.2, 0.25) is 0 Å². The molecule has 0 atom stereocenters. The van der Waals surface area contributed by atoms with E-state index in [0.717, 1.165) is 0 Å². The summed E-state index contributed by atoms with van der Waals surface area (Å²) in [5, 5.41) is 0. The number of hydrogen-bond acceptors (Lipinski definition) is 6. The standard InChI is InChI=1S/2CH4S.2CH3.Mo.2Ni.4H2S/c2*1-2;;;;;;;;;/h2*2H,1H3;2*1H3;;;;4*1H2/q;;2*-1;+2;;+2;;;;/p-6. The van der Waals surface area contributed by atoms with Gasteiger partial charge in [-0.05, 0) is 0 Å². The minimum Gasteiger partial charge on any atom is -0.813 e. The Morgan fingerprint density at radius 3 is 0.615 bits per heavy atom. The second kappa shape index (κ2) is 242. The first kappa shape index (κ1) is 125. The molecule has 0 saturated heterocycles. The molecule has 0 radical (unpaired) electrons. The maximum absolute atomic E-state index is 4.08. The van der Waals surface area contributed by atoms with Crippen LogP contribution in [0.2, 0.25) is 0 Å². The summed E-state index contributed by atoms with van der Waals surface area (Å²) in [5.74, 6) is 0. The third kappa shape index (κ3) is 210. The van der Waals surface area contributed by atoms with E-state index in [-0.39, 0.29) is 123 Å². The molecule has 0 aliphatic heterocycles. The van der Waals surface area contributed by atoms with Crippen LogP contribution in [0.4, 0.5) is 0 Å². The van der Waals surface area contributed by atoms with Gasteiger partial charge in [0.05, 0.1) is 0 Å². The third-order valence-electron chi connectivity index (χ3n) is 0. The summed E-state index contributed by atoms with van der Waals surface area (Å²) < 4.78 is 0. The van der Waals surface area contributed by atoms with Crippen molar-refractivity contribution in [3.05, 3.63) is 14.9 Å². The fourth-order valence-electron chi connectivity index (χ4n) is 0. The average molecular weight is 470 g/mol. The Labute approximate surface area is 158 Å². The van der Waals surface area contributed by atoms with Crippen LogP contribution in [0.3, 0.4) is 0 Å². The molecule has 0 aromatic carbocycles. The zero-order valence-corrected chi connectivity index (χ0v) is 16.8. The summed E-state index contributed by atoms with van der Waals surface area (Å²) >= 11 is 8.17. The Kier molecular flexibility index (Phi) is 2330. The Balaban J connectivity index is -0.000000000404. The maximum atomic E-state index is 4.08. The molecule has 0 unspecified atom stereocenters. The molecular weight excluding hydrogens is 454 g/mol. The topological polar surface area (TPSA) is 0 Å². The maximum Gasteiger partial charge on any atom is 2.00 e. The second-order valence-electron chi connectivity index (χ2n) is 0. The van der Waals surface area contributed by atoms with E-state index in [9.17, 15) is 0 Å². The van der Waals surface area contributed by atoms with E-state index < -0.39 is 0 Å². The van der Waals surface area contributed by atoms with Crippen molar-refractivity contribution in [3.8, 4) is 0 Å². The van der Waals surface area contributed by atoms with Crippen molar-refractivity contribution in [2.45, 2.75) is 0 Å². The minimum atomic E-state index is 0. The Morgan fingerprint density at radius 2 is 0.615 bits per heavy atom. The molecule has 0 aromatic rings. The van der Waals surface area contributed by atoms with Crippen LogP contribution in [0.15, 0.2) is 0 Å². The van der Waals surface area contributed by atoms with Gasteiger partial charge < -0.3 is 94.1 Å². The first-order chi connectivity index (χ1) is 2.00. The van der Waals surface area contributed by atoms with Gasteiger partial charge in [-0.3, -0.25) is 0 Å². The molecule has 0 rings (SSSR count). The zero-order valence-electron chi connectivity index (χ0n) is 7.65. The zero-order chi connectivity index (χ0) is 4.00. The summed E-state index contributed by atoms with van der Waals surface area (Å²) in [6.07, 6.45) is 3.17. The van der Waals surface area contributed by atoms with Crippen LogP contribution in [0.1, 0.15) is 0 Å². The Morgan fingerprint density at radius 1 is 0.615 bits per heavy atom. The first-order valence-corrected chi connectivity index (χ1v) is 2.45. The summed E-state index contributed by atoms with van der Waals surface area (Å²) in [6.45, 7) is 0. The van der Waals surface area contributed by atoms with Crippen LogP contribution in [-0.4, -0.2) is 12.5 Å². The molecule has 13 heavy (non-hydrogen) atoms. The summed E-state index contributed by atoms with van der Waals surface area (Å²) in [5.41, 5.74) is 0. The van der Waals surface area contributed by atoms with Crippen molar-refractivity contribution < 1.29 is 54.0 Å². The monoisotopic (exact) mass is 470 g/mol. The molecule has 98 valence electrons. The van der Waals surface area contributed by atoms with Crippen molar-refractivity contribution in [1.29, 1.82) is 0 Å². The second-order valence-corrected chi connectivity index (χ2v) is 0. The van der Waals surface area contributed by atoms with Crippen molar-refractivity contribution in [1.82, 2.24) is 0 Å². The van der Waals surface area contributed by atoms with Gasteiger partial charge in [-0.15, -0.1) is 0 Å². The SMILES string of the molecule is C[S-].C[S-].[CH3-].[CH3-].[Mo+2].[Ni+2].[Ni].[SH-].[SH-].[SH-].[SH-]. The molecule has 0 saturated carbocycles. The Bertz CT molecular complexity index is 22.6. The molecule has 0 amide bonds. The van der Waals surface area contributed by atoms with E-state index in [4.69, 9.17) is 0 Å². The van der Waals surface area contributed by atoms with Gasteiger partial charge in [0.1, 0.15) is 0 Å². The van der Waals surface area contributed by atoms with E-state index in [0.29, 0.717) is 0 Å². The molecule has 0 aliphatic carbocycles. The van der Waals surface area contributed by atoms with Crippen molar-refractivity contribution in [3.63, 3.8) is 0 Å². The third-order valence-corrected chi connectivity index (χ3v) is 0. The van der Waals surface area contributed by atoms with Crippen LogP contribution in [0.25, 0.3) is 0 Å². The van der Waals surface area contributed by atoms with E-state index in [2.05, 4.69) is 25.3 Å². The normalized spacial score (nSPS) is 0.923. The largest absolute Gasteiger partial charge is 2.00 e. The van der Waals surface area contributed by atoms with E-state index >= 15 is 0 Å². The van der Waals surface area contributed by atoms with Crippen molar-refractivity contribution in [2.75, 3.05) is 12.5 Å². The summed E-state index contributed by atoms with van der Waals surface area (Å²) in [7, 11) is 0. The van der Waals surface area contributed by atoms with Crippen LogP contribution in [-0.2, 0) is 133 Å². The van der Waals surface area contributed by atoms with Gasteiger partial charge in [-0.25, -0.2) is 0 Å². The molecule has 0 bridgehead atoms. The smallest absolute Gasteiger partial charge is 0.813 e. The van der Waals surface area contributed by atoms with E-state index in [1.54, 1.807) is 12.5 Å². The van der Waals surface area contributed by atoms with Gasteiger partial charge >= 0.3 is 37.6 Å². The average Bonchev–Trinajstić information content (AvgIpc) is 1.50. The van der Waals surface area contributed by atoms with Gasteiger partial charge in [-0.1, -0.05) is 0 Å². The van der Waals surface area contributed by atoms with E-state index in [1.165, 1.54) is 0 Å². The quantitative estimate of drug-likeness (QED) is 0.213. The predicted molar refractivity (Wildman–Crippen MR) is 74.4 cm³/mol. The minimum absolute atomic E-state index is 0. The van der Waals surface area contributed by atoms with Crippen LogP contribution in [0, 0.1) is 14.9 Å². The fraction of sp³-hybridized carbons (Fsp3) is 0.500. The molecule has 0 aromatic heterocycles. The van der Waals surface area contributed by atoms with Crippen LogP contribution >= 0.6 is 0 Å². The van der Waals surface area contributed by atoms with Crippen LogP contribution in [0.5, 0.6) is 0 Å². The molecule has 0 spiro atoms. The summed E-state index contributed by atoms with van der Waals surface area (Å²) in [4.78, 5) is 0. The number of thiol groups is 4. The molecular formula is C4H16MoNi2S6-4.